The fourth-order valence-corrected chi connectivity index (χ4v) is 16.6. The number of likely N-dealkylation sites (N-methyl/N-ethyl adjacent to an activating group) is 1. The molecule has 45 heteroatoms. The predicted octanol–water partition coefficient (Wildman–Crippen LogP) is -0.925. The zero-order chi connectivity index (χ0) is 106. The molecule has 0 aliphatic carbocycles. The van der Waals surface area contributed by atoms with Crippen molar-refractivity contribution in [2.45, 2.75) is 230 Å². The molecule has 780 valence electrons. The molecular formula is C100H134N24O20S. The molecule has 0 spiro atoms. The van der Waals surface area contributed by atoms with Crippen LogP contribution in [0.5, 0.6) is 5.75 Å². The van der Waals surface area contributed by atoms with Crippen molar-refractivity contribution >= 4 is 135 Å². The van der Waals surface area contributed by atoms with Crippen LogP contribution >= 0.6 is 11.8 Å². The van der Waals surface area contributed by atoms with E-state index >= 15 is 47.9 Å². The second-order valence-electron chi connectivity index (χ2n) is 36.8. The van der Waals surface area contributed by atoms with Crippen molar-refractivity contribution in [1.29, 1.82) is 10.8 Å². The highest BCUT2D eigenvalue weighted by molar-refractivity contribution is 8.00. The van der Waals surface area contributed by atoms with E-state index in [4.69, 9.17) is 28.0 Å². The molecule has 8 rings (SSSR count). The minimum absolute atomic E-state index is 0.0189. The van der Waals surface area contributed by atoms with Crippen molar-refractivity contribution in [2.24, 2.45) is 35.0 Å². The Kier molecular flexibility index (Phi) is 44.5. The molecule has 1 aliphatic rings. The van der Waals surface area contributed by atoms with E-state index in [0.717, 1.165) is 23.0 Å². The number of aliphatic carboxylic acids is 1. The molecule has 1 aliphatic heterocycles. The molecule has 145 heavy (non-hydrogen) atoms. The van der Waals surface area contributed by atoms with Gasteiger partial charge in [0.2, 0.25) is 94.5 Å². The third kappa shape index (κ3) is 36.7. The molecule has 3 heterocycles. The number of hydrogen-bond acceptors (Lipinski definition) is 23. The number of H-pyrrole nitrogens is 1. The zero-order valence-corrected chi connectivity index (χ0v) is 83.3. The Labute approximate surface area is 843 Å². The van der Waals surface area contributed by atoms with Gasteiger partial charge in [-0.25, -0.2) is 0 Å². The summed E-state index contributed by atoms with van der Waals surface area (Å²) in [6.07, 6.45) is -0.721. The number of fused-ring (bicyclic) bond motifs is 1. The third-order valence-electron chi connectivity index (χ3n) is 24.0. The van der Waals surface area contributed by atoms with E-state index in [1.54, 1.807) is 125 Å². The summed E-state index contributed by atoms with van der Waals surface area (Å²) in [7, 11) is 1.25. The van der Waals surface area contributed by atoms with Crippen LogP contribution in [0.15, 0.2) is 164 Å². The van der Waals surface area contributed by atoms with E-state index in [9.17, 15) is 48.9 Å². The Bertz CT molecular complexity index is 5670. The van der Waals surface area contributed by atoms with Crippen LogP contribution in [0.1, 0.15) is 129 Å². The number of aliphatic hydroxyl groups is 1. The maximum absolute atomic E-state index is 15.6. The van der Waals surface area contributed by atoms with E-state index in [-0.39, 0.29) is 88.1 Å². The Hall–Kier alpha value is -15.6. The molecule has 44 nitrogen and oxygen atoms in total. The van der Waals surface area contributed by atoms with E-state index in [1.165, 1.54) is 71.4 Å². The first-order valence-electron chi connectivity index (χ1n) is 47.7. The molecule has 0 unspecified atom stereocenters. The minimum atomic E-state index is -2.09. The Morgan fingerprint density at radius 1 is 0.469 bits per heavy atom. The summed E-state index contributed by atoms with van der Waals surface area (Å²) in [5.41, 5.74) is 21.1. The number of nitrogens with zero attached hydrogens (tertiary/aromatic N) is 2. The number of thioether (sulfide) groups is 1. The number of carboxylic acid groups (broad SMARTS) is 1. The second-order valence-corrected chi connectivity index (χ2v) is 37.8. The Morgan fingerprint density at radius 3 is 1.42 bits per heavy atom. The minimum Gasteiger partial charge on any atom is -0.508 e. The van der Waals surface area contributed by atoms with Crippen LogP contribution in [0.4, 0.5) is 0 Å². The lowest BCUT2D eigenvalue weighted by molar-refractivity contribution is -0.142. The van der Waals surface area contributed by atoms with Crippen molar-refractivity contribution in [2.75, 3.05) is 31.6 Å². The molecule has 28 N–H and O–H groups in total. The number of benzene rings is 5. The predicted molar refractivity (Wildman–Crippen MR) is 540 cm³/mol. The standard InChI is InChI=1S/C100H134N24O20S/c1-53(2)42-71-92(138)122-82(55(5)6)96(142)123-83(58(9)125)97(143)120-78(94(140)110-56(7)84(101)130)51-145-52-79(127)111-72(43-59-22-13-11-14-23-59)87(133)116-73(45-61-33-37-66(126)38-34-61)90(136)118-77(48-80(128)129)91(137)117-76(47-65-50-109-68-28-18-17-27-67(65)68)93(139)121-81(54(3)4)95(141)119-74(44-60-31-35-64(36-32-60)63-25-15-12-16-26-63)89(135)113-70(30-21-41-108-100(104)105)98(144)124(10)57(8)85(131)114-75(46-62-24-19-39-106-49-62)88(134)112-69(86(132)115-71)29-20-40-107-99(102)103/h11-19,22-28,31-39,49-50,53-58,69-78,81-83,109,125-126H,20-21,29-30,40-48,51-52H2,1-10H3,(H2,101,130)(H,110,140)(H,111,127)(H,112,134)(H,113,135)(H,114,131)(H,115,132)(H,116,133)(H,117,137)(H,118,136)(H,119,141)(H,120,143)(H,121,139)(H,122,138)(H,123,142)(H,128,129)(H4,102,103,107)(H4,104,105,108)/t56-,57-,58+,69-,70-,71-,72-,73-,74-,75+,76-,77-,78-,81-,82-,83-/m0/s1. The monoisotopic (exact) mass is 2020 g/mol. The van der Waals surface area contributed by atoms with Gasteiger partial charge in [-0.1, -0.05) is 163 Å². The van der Waals surface area contributed by atoms with Gasteiger partial charge in [0, 0.05) is 87.5 Å². The number of rotatable bonds is 29. The summed E-state index contributed by atoms with van der Waals surface area (Å²) >= 11 is 0.704. The summed E-state index contributed by atoms with van der Waals surface area (Å²) in [4.78, 5) is 260. The highest BCUT2D eigenvalue weighted by Gasteiger charge is 2.42. The number of primary amides is 1. The Balaban J connectivity index is 1.24. The van der Waals surface area contributed by atoms with Gasteiger partial charge in [-0.2, -0.15) is 0 Å². The number of aromatic hydroxyl groups is 1. The van der Waals surface area contributed by atoms with Crippen LogP contribution in [0, 0.1) is 28.6 Å². The number of carbonyl (C=O) groups is 17. The SMILES string of the molecule is CC(C)C[C@@H]1NC(=O)[C@H](CCCNC(=N)N)NC(=O)[C@@H](Cc2cccnc2)NC(=O)[C@H](C)N(C)C(=O)[C@H](CCCNC(=N)N)NC(=O)[C@H](Cc2ccc(-c3ccccc3)cc2)NC(=O)[C@H](C(C)C)NC(=O)[C@H](Cc2c[nH]c3ccccc23)NC(=O)[C@H](CC(=O)O)NC(=O)[C@H](Cc2ccc(O)cc2)NC(=O)[C@H](Cc2ccccc2)NC(=O)CSC[C@@H](C(=O)N[C@@H](C)C(N)=O)NC(=O)[C@H]([C@@H](C)O)NC(=O)[C@H](C(C)C)NC1=O. The summed E-state index contributed by atoms with van der Waals surface area (Å²) in [5.74, 6) is -22.4. The van der Waals surface area contributed by atoms with E-state index < -0.39 is 245 Å². The molecule has 0 bridgehead atoms. The number of para-hydroxylation sites is 1. The van der Waals surface area contributed by atoms with Gasteiger partial charge in [0.25, 0.3) is 0 Å². The first-order valence-corrected chi connectivity index (χ1v) is 48.8. The molecule has 7 aromatic rings. The van der Waals surface area contributed by atoms with Crippen LogP contribution < -0.4 is 102 Å². The molecule has 16 atom stereocenters. The van der Waals surface area contributed by atoms with Gasteiger partial charge < -0.3 is 127 Å². The lowest BCUT2D eigenvalue weighted by Crippen LogP contribution is -2.63. The maximum Gasteiger partial charge on any atom is 0.305 e. The number of nitrogens with two attached hydrogens (primary N) is 3. The molecule has 0 radical (unpaired) electrons. The number of nitrogens with one attached hydrogen (secondary N) is 19. The lowest BCUT2D eigenvalue weighted by Gasteiger charge is -2.32. The zero-order valence-electron chi connectivity index (χ0n) is 82.5. The quantitative estimate of drug-likeness (QED) is 0.0153. The van der Waals surface area contributed by atoms with Gasteiger partial charge in [0.1, 0.15) is 96.4 Å². The van der Waals surface area contributed by atoms with Crippen molar-refractivity contribution < 1.29 is 96.8 Å². The van der Waals surface area contributed by atoms with Crippen LogP contribution in [0.3, 0.4) is 0 Å². The topological polar surface area (TPSA) is 701 Å². The van der Waals surface area contributed by atoms with Gasteiger partial charge in [0.15, 0.2) is 11.9 Å². The first-order chi connectivity index (χ1) is 68.8. The van der Waals surface area contributed by atoms with E-state index in [2.05, 4.69) is 95.0 Å². The van der Waals surface area contributed by atoms with Gasteiger partial charge in [-0.3, -0.25) is 97.3 Å². The highest BCUT2D eigenvalue weighted by Crippen LogP contribution is 2.25. The molecule has 0 saturated carbocycles. The second kappa shape index (κ2) is 56.3. The maximum atomic E-state index is 15.6. The summed E-state index contributed by atoms with van der Waals surface area (Å²) in [6, 6.07) is 15.1. The van der Waals surface area contributed by atoms with E-state index in [1.807, 2.05) is 30.3 Å². The summed E-state index contributed by atoms with van der Waals surface area (Å²) in [5, 5.41) is 90.6. The number of hydrogen-bond donors (Lipinski definition) is 25. The number of aromatic amines is 1. The molecule has 1 fully saturated rings. The van der Waals surface area contributed by atoms with Crippen molar-refractivity contribution in [3.05, 3.63) is 192 Å². The number of aromatic nitrogens is 2. The third-order valence-corrected chi connectivity index (χ3v) is 25.0. The molecule has 16 amide bonds. The number of carboxylic acids is 1. The fraction of sp³-hybridized carbons (Fsp3) is 0.440. The first kappa shape index (κ1) is 115. The molecule has 2 aromatic heterocycles. The molecular weight excluding hydrogens is 1890 g/mol. The van der Waals surface area contributed by atoms with Crippen LogP contribution in [0.25, 0.3) is 22.0 Å². The van der Waals surface area contributed by atoms with Crippen LogP contribution in [-0.4, -0.2) is 271 Å². The number of phenolic OH excluding ortho intramolecular Hbond substituents is 1. The summed E-state index contributed by atoms with van der Waals surface area (Å²) in [6.45, 7) is 13.3. The smallest absolute Gasteiger partial charge is 0.305 e. The fourth-order valence-electron chi connectivity index (χ4n) is 15.8. The average molecular weight is 2020 g/mol. The van der Waals surface area contributed by atoms with Crippen LogP contribution in [-0.2, 0) is 114 Å². The number of guanidine groups is 2. The number of amides is 16. The number of aliphatic hydroxyl groups excluding tert-OH is 1. The Morgan fingerprint density at radius 2 is 0.890 bits per heavy atom. The summed E-state index contributed by atoms with van der Waals surface area (Å²) < 4.78 is 0. The highest BCUT2D eigenvalue weighted by atomic mass is 32.2. The molecule has 1 saturated heterocycles. The van der Waals surface area contributed by atoms with E-state index in [0.29, 0.717) is 44.9 Å². The van der Waals surface area contributed by atoms with Gasteiger partial charge >= 0.3 is 5.97 Å². The van der Waals surface area contributed by atoms with Crippen molar-refractivity contribution in [3.63, 3.8) is 0 Å². The average Bonchev–Trinajstić information content (AvgIpc) is 1.72. The van der Waals surface area contributed by atoms with Crippen LogP contribution in [0.2, 0.25) is 0 Å². The largest absolute Gasteiger partial charge is 0.508 e. The number of phenols is 1. The van der Waals surface area contributed by atoms with Crippen molar-refractivity contribution in [3.8, 4) is 16.9 Å². The normalized spacial score (nSPS) is 22.6. The van der Waals surface area contributed by atoms with Crippen molar-refractivity contribution in [1.82, 2.24) is 99.9 Å². The molecule has 5 aromatic carbocycles. The van der Waals surface area contributed by atoms with Gasteiger partial charge in [-0.05, 0) is 134 Å². The van der Waals surface area contributed by atoms with Gasteiger partial charge in [0.05, 0.1) is 18.3 Å². The lowest BCUT2D eigenvalue weighted by atomic mass is 9.98. The van der Waals surface area contributed by atoms with Gasteiger partial charge in [-0.15, -0.1) is 11.8 Å². The number of pyridine rings is 1. The number of carbonyl (C=O) groups excluding carboxylic acids is 16.